The Hall–Kier alpha value is -3.37. The van der Waals surface area contributed by atoms with Gasteiger partial charge in [-0.25, -0.2) is 9.07 Å². The van der Waals surface area contributed by atoms with Crippen LogP contribution in [0.1, 0.15) is 18.4 Å². The van der Waals surface area contributed by atoms with E-state index in [4.69, 9.17) is 15.1 Å². The van der Waals surface area contributed by atoms with E-state index in [1.807, 2.05) is 36.4 Å². The molecule has 0 radical (unpaired) electrons. The standard InChI is InChI=1S/C23H24FN5O/c1-30-20-8-6-19(7-9-20)29-22(17-4-5-18(13-25)21(24)11-17)12-23(28-29)27-15-16-3-2-10-26-14-16/h4-9,11-12,16,26H,2-3,10,14-15H2,1H3,(H,27,28)/t16-/m1/s1. The van der Waals surface area contributed by atoms with Gasteiger partial charge in [0.05, 0.1) is 24.1 Å². The van der Waals surface area contributed by atoms with Crippen LogP contribution in [0.15, 0.2) is 48.5 Å². The quantitative estimate of drug-likeness (QED) is 0.649. The van der Waals surface area contributed by atoms with Crippen molar-refractivity contribution in [2.75, 3.05) is 32.1 Å². The summed E-state index contributed by atoms with van der Waals surface area (Å²) >= 11 is 0. The molecular weight excluding hydrogens is 381 g/mol. The van der Waals surface area contributed by atoms with Gasteiger partial charge in [-0.3, -0.25) is 0 Å². The SMILES string of the molecule is COc1ccc(-n2nc(NC[C@@H]3CCCNC3)cc2-c2ccc(C#N)c(F)c2)cc1. The number of halogens is 1. The fourth-order valence-corrected chi connectivity index (χ4v) is 3.71. The molecule has 2 N–H and O–H groups in total. The Balaban J connectivity index is 1.67. The maximum absolute atomic E-state index is 14.3. The maximum Gasteiger partial charge on any atom is 0.149 e. The van der Waals surface area contributed by atoms with Crippen molar-refractivity contribution in [2.24, 2.45) is 5.92 Å². The molecule has 2 aromatic carbocycles. The first-order chi connectivity index (χ1) is 14.7. The molecule has 3 aromatic rings. The molecule has 1 fully saturated rings. The molecule has 0 spiro atoms. The molecule has 1 aliphatic rings. The smallest absolute Gasteiger partial charge is 0.149 e. The van der Waals surface area contributed by atoms with E-state index < -0.39 is 5.82 Å². The first-order valence-corrected chi connectivity index (χ1v) is 10.1. The minimum absolute atomic E-state index is 0.0254. The number of nitrogens with zero attached hydrogens (tertiary/aromatic N) is 3. The summed E-state index contributed by atoms with van der Waals surface area (Å²) in [5.41, 5.74) is 2.26. The van der Waals surface area contributed by atoms with E-state index >= 15 is 0 Å². The minimum atomic E-state index is -0.541. The Morgan fingerprint density at radius 2 is 2.10 bits per heavy atom. The molecule has 1 atom stereocenters. The van der Waals surface area contributed by atoms with Crippen molar-refractivity contribution in [3.63, 3.8) is 0 Å². The first-order valence-electron chi connectivity index (χ1n) is 10.1. The Kier molecular flexibility index (Phi) is 5.96. The van der Waals surface area contributed by atoms with E-state index in [-0.39, 0.29) is 5.56 Å². The van der Waals surface area contributed by atoms with E-state index in [1.54, 1.807) is 17.9 Å². The number of anilines is 1. The summed E-state index contributed by atoms with van der Waals surface area (Å²) in [6.45, 7) is 2.91. The van der Waals surface area contributed by atoms with Gasteiger partial charge in [0.1, 0.15) is 23.5 Å². The van der Waals surface area contributed by atoms with E-state index in [1.165, 1.54) is 25.0 Å². The number of hydrogen-bond donors (Lipinski definition) is 2. The Morgan fingerprint density at radius 1 is 1.27 bits per heavy atom. The second-order valence-corrected chi connectivity index (χ2v) is 7.42. The Morgan fingerprint density at radius 3 is 2.77 bits per heavy atom. The number of benzene rings is 2. The Bertz CT molecular complexity index is 1050. The summed E-state index contributed by atoms with van der Waals surface area (Å²) in [6, 6.07) is 15.9. The van der Waals surface area contributed by atoms with Crippen LogP contribution in [0.25, 0.3) is 16.9 Å². The molecule has 154 valence electrons. The van der Waals surface area contributed by atoms with E-state index in [0.29, 0.717) is 11.5 Å². The molecule has 0 unspecified atom stereocenters. The molecule has 0 bridgehead atoms. The average Bonchev–Trinajstić information content (AvgIpc) is 3.23. The van der Waals surface area contributed by atoms with Crippen LogP contribution in [0.4, 0.5) is 10.2 Å². The lowest BCUT2D eigenvalue weighted by molar-refractivity contribution is 0.392. The van der Waals surface area contributed by atoms with Crippen LogP contribution in [-0.4, -0.2) is 36.5 Å². The number of hydrogen-bond acceptors (Lipinski definition) is 5. The van der Waals surface area contributed by atoms with Gasteiger partial charge in [0.25, 0.3) is 0 Å². The second-order valence-electron chi connectivity index (χ2n) is 7.42. The fraction of sp³-hybridized carbons (Fsp3) is 0.304. The van der Waals surface area contributed by atoms with Crippen molar-refractivity contribution >= 4 is 5.82 Å². The molecule has 0 saturated carbocycles. The number of piperidine rings is 1. The highest BCUT2D eigenvalue weighted by molar-refractivity contribution is 5.67. The molecule has 30 heavy (non-hydrogen) atoms. The molecule has 7 heteroatoms. The van der Waals surface area contributed by atoms with Gasteiger partial charge in [-0.05, 0) is 68.2 Å². The number of ether oxygens (including phenoxy) is 1. The van der Waals surface area contributed by atoms with Crippen LogP contribution < -0.4 is 15.4 Å². The second kappa shape index (κ2) is 8.97. The van der Waals surface area contributed by atoms with Gasteiger partial charge in [-0.15, -0.1) is 5.10 Å². The molecule has 0 aliphatic carbocycles. The zero-order valence-electron chi connectivity index (χ0n) is 16.9. The summed E-state index contributed by atoms with van der Waals surface area (Å²) in [5.74, 6) is 1.50. The van der Waals surface area contributed by atoms with E-state index in [9.17, 15) is 4.39 Å². The molecule has 4 rings (SSSR count). The van der Waals surface area contributed by atoms with Crippen molar-refractivity contribution in [2.45, 2.75) is 12.8 Å². The number of methoxy groups -OCH3 is 1. The third kappa shape index (κ3) is 4.29. The van der Waals surface area contributed by atoms with Gasteiger partial charge in [-0.1, -0.05) is 6.07 Å². The van der Waals surface area contributed by atoms with Gasteiger partial charge in [0.2, 0.25) is 0 Å². The molecular formula is C23H24FN5O. The van der Waals surface area contributed by atoms with Crippen LogP contribution in [0.5, 0.6) is 5.75 Å². The van der Waals surface area contributed by atoms with Crippen LogP contribution in [0.2, 0.25) is 0 Å². The summed E-state index contributed by atoms with van der Waals surface area (Å²) in [4.78, 5) is 0. The van der Waals surface area contributed by atoms with E-state index in [0.717, 1.165) is 42.6 Å². The maximum atomic E-state index is 14.3. The zero-order valence-corrected chi connectivity index (χ0v) is 16.9. The summed E-state index contributed by atoms with van der Waals surface area (Å²) in [5, 5.41) is 20.6. The van der Waals surface area contributed by atoms with Crippen molar-refractivity contribution < 1.29 is 9.13 Å². The lowest BCUT2D eigenvalue weighted by Crippen LogP contribution is -2.33. The molecule has 1 aliphatic heterocycles. The van der Waals surface area contributed by atoms with Crippen LogP contribution in [0.3, 0.4) is 0 Å². The van der Waals surface area contributed by atoms with Gasteiger partial charge in [0, 0.05) is 18.2 Å². The summed E-state index contributed by atoms with van der Waals surface area (Å²) < 4.78 is 21.3. The summed E-state index contributed by atoms with van der Waals surface area (Å²) in [7, 11) is 1.62. The average molecular weight is 405 g/mol. The number of aromatic nitrogens is 2. The lowest BCUT2D eigenvalue weighted by atomic mass is 10.00. The van der Waals surface area contributed by atoms with Crippen molar-refractivity contribution in [3.8, 4) is 28.8 Å². The van der Waals surface area contributed by atoms with E-state index in [2.05, 4.69) is 10.6 Å². The first kappa shape index (κ1) is 19.9. The van der Waals surface area contributed by atoms with Crippen molar-refractivity contribution in [1.29, 1.82) is 5.26 Å². The van der Waals surface area contributed by atoms with Gasteiger partial charge in [-0.2, -0.15) is 5.26 Å². The highest BCUT2D eigenvalue weighted by Gasteiger charge is 2.16. The van der Waals surface area contributed by atoms with Crippen LogP contribution in [0, 0.1) is 23.1 Å². The highest BCUT2D eigenvalue weighted by atomic mass is 19.1. The lowest BCUT2D eigenvalue weighted by Gasteiger charge is -2.22. The molecule has 1 saturated heterocycles. The number of rotatable bonds is 6. The molecule has 6 nitrogen and oxygen atoms in total. The van der Waals surface area contributed by atoms with Gasteiger partial charge < -0.3 is 15.4 Å². The normalized spacial score (nSPS) is 16.1. The number of nitriles is 1. The third-order valence-corrected chi connectivity index (χ3v) is 5.38. The third-order valence-electron chi connectivity index (χ3n) is 5.38. The predicted molar refractivity (Wildman–Crippen MR) is 114 cm³/mol. The molecule has 0 amide bonds. The van der Waals surface area contributed by atoms with Gasteiger partial charge in [0.15, 0.2) is 0 Å². The van der Waals surface area contributed by atoms with Crippen LogP contribution >= 0.6 is 0 Å². The number of nitrogens with one attached hydrogen (secondary N) is 2. The summed E-state index contributed by atoms with van der Waals surface area (Å²) in [6.07, 6.45) is 2.37. The largest absolute Gasteiger partial charge is 0.497 e. The highest BCUT2D eigenvalue weighted by Crippen LogP contribution is 2.28. The van der Waals surface area contributed by atoms with Gasteiger partial charge >= 0.3 is 0 Å². The zero-order chi connectivity index (χ0) is 20.9. The molecule has 2 heterocycles. The molecule has 1 aromatic heterocycles. The fourth-order valence-electron chi connectivity index (χ4n) is 3.71. The van der Waals surface area contributed by atoms with Crippen molar-refractivity contribution in [3.05, 3.63) is 59.9 Å². The predicted octanol–water partition coefficient (Wildman–Crippen LogP) is 3.97. The topological polar surface area (TPSA) is 74.9 Å². The Labute approximate surface area is 175 Å². The monoisotopic (exact) mass is 405 g/mol. The van der Waals surface area contributed by atoms with Crippen molar-refractivity contribution in [1.82, 2.24) is 15.1 Å². The minimum Gasteiger partial charge on any atom is -0.497 e. The van der Waals surface area contributed by atoms with Crippen LogP contribution in [-0.2, 0) is 0 Å².